The first-order valence-corrected chi connectivity index (χ1v) is 8.32. The molecule has 5 heteroatoms. The van der Waals surface area contributed by atoms with Crippen LogP contribution >= 0.6 is 11.6 Å². The summed E-state index contributed by atoms with van der Waals surface area (Å²) in [5.41, 5.74) is 2.75. The first-order chi connectivity index (χ1) is 11.5. The largest absolute Gasteiger partial charge is 0.493 e. The summed E-state index contributed by atoms with van der Waals surface area (Å²) in [6.07, 6.45) is 0.782. The Hall–Kier alpha value is -1.94. The van der Waals surface area contributed by atoms with Crippen molar-refractivity contribution in [3.63, 3.8) is 0 Å². The van der Waals surface area contributed by atoms with E-state index in [9.17, 15) is 4.39 Å². The number of methoxy groups -OCH3 is 2. The van der Waals surface area contributed by atoms with Crippen LogP contribution < -0.4 is 14.4 Å². The Morgan fingerprint density at radius 2 is 1.79 bits per heavy atom. The first-order valence-electron chi connectivity index (χ1n) is 7.95. The summed E-state index contributed by atoms with van der Waals surface area (Å²) in [5, 5.41) is 0.428. The van der Waals surface area contributed by atoms with Crippen molar-refractivity contribution < 1.29 is 13.9 Å². The summed E-state index contributed by atoms with van der Waals surface area (Å²) in [5.74, 6) is 1.09. The number of para-hydroxylation sites is 1. The van der Waals surface area contributed by atoms with Crippen LogP contribution in [0.4, 0.5) is 10.1 Å². The minimum atomic E-state index is -0.301. The monoisotopic (exact) mass is 349 g/mol. The second kappa shape index (κ2) is 6.52. The predicted molar refractivity (Wildman–Crippen MR) is 95.0 cm³/mol. The van der Waals surface area contributed by atoms with Gasteiger partial charge in [0.15, 0.2) is 11.5 Å². The number of halogens is 2. The van der Waals surface area contributed by atoms with Gasteiger partial charge in [-0.25, -0.2) is 4.39 Å². The van der Waals surface area contributed by atoms with Gasteiger partial charge in [0.05, 0.1) is 31.0 Å². The van der Waals surface area contributed by atoms with Crippen LogP contribution in [0.5, 0.6) is 11.5 Å². The van der Waals surface area contributed by atoms with Gasteiger partial charge in [-0.3, -0.25) is 0 Å². The smallest absolute Gasteiger partial charge is 0.161 e. The molecular formula is C19H21ClFNO2. The number of rotatable bonds is 3. The molecule has 1 heterocycles. The molecule has 24 heavy (non-hydrogen) atoms. The van der Waals surface area contributed by atoms with Crippen molar-refractivity contribution >= 4 is 17.3 Å². The zero-order chi connectivity index (χ0) is 17.4. The van der Waals surface area contributed by atoms with Gasteiger partial charge in [0, 0.05) is 6.04 Å². The molecule has 0 aromatic heterocycles. The van der Waals surface area contributed by atoms with Crippen molar-refractivity contribution in [3.05, 3.63) is 52.3 Å². The molecule has 0 saturated carbocycles. The summed E-state index contributed by atoms with van der Waals surface area (Å²) in [6.45, 7) is 4.14. The molecule has 2 aromatic rings. The lowest BCUT2D eigenvalue weighted by atomic mass is 9.88. The minimum absolute atomic E-state index is 0.0297. The molecular weight excluding hydrogens is 329 g/mol. The molecule has 1 aliphatic heterocycles. The maximum Gasteiger partial charge on any atom is 0.161 e. The zero-order valence-corrected chi connectivity index (χ0v) is 15.0. The van der Waals surface area contributed by atoms with E-state index >= 15 is 0 Å². The van der Waals surface area contributed by atoms with Gasteiger partial charge >= 0.3 is 0 Å². The van der Waals surface area contributed by atoms with E-state index in [0.717, 1.165) is 12.0 Å². The van der Waals surface area contributed by atoms with Gasteiger partial charge in [0.25, 0.3) is 0 Å². The summed E-state index contributed by atoms with van der Waals surface area (Å²) in [6, 6.07) is 8.88. The Balaban J connectivity index is 2.12. The van der Waals surface area contributed by atoms with Crippen LogP contribution in [0.1, 0.15) is 31.0 Å². The highest BCUT2D eigenvalue weighted by atomic mass is 35.5. The van der Waals surface area contributed by atoms with Crippen LogP contribution in [0, 0.1) is 5.82 Å². The summed E-state index contributed by atoms with van der Waals surface area (Å²) in [7, 11) is 3.25. The van der Waals surface area contributed by atoms with Gasteiger partial charge in [-0.2, -0.15) is 0 Å². The fourth-order valence-corrected chi connectivity index (χ4v) is 3.86. The molecule has 2 atom stereocenters. The quantitative estimate of drug-likeness (QED) is 0.777. The third-order valence-electron chi connectivity index (χ3n) is 4.70. The fraction of sp³-hybridized carbons (Fsp3) is 0.368. The van der Waals surface area contributed by atoms with Gasteiger partial charge < -0.3 is 14.4 Å². The molecule has 2 unspecified atom stereocenters. The molecule has 0 fully saturated rings. The fourth-order valence-electron chi connectivity index (χ4n) is 3.60. The Bertz CT molecular complexity index is 745. The second-order valence-electron chi connectivity index (χ2n) is 6.11. The van der Waals surface area contributed by atoms with E-state index in [-0.39, 0.29) is 17.9 Å². The maximum absolute atomic E-state index is 14.5. The molecule has 2 aromatic carbocycles. The van der Waals surface area contributed by atoms with Gasteiger partial charge in [-0.05, 0) is 55.7 Å². The van der Waals surface area contributed by atoms with Crippen molar-refractivity contribution in [1.82, 2.24) is 0 Å². The molecule has 0 amide bonds. The van der Waals surface area contributed by atoms with Crippen LogP contribution in [0.3, 0.4) is 0 Å². The van der Waals surface area contributed by atoms with Crippen molar-refractivity contribution in [2.24, 2.45) is 0 Å². The Morgan fingerprint density at radius 1 is 1.12 bits per heavy atom. The maximum atomic E-state index is 14.5. The average molecular weight is 350 g/mol. The van der Waals surface area contributed by atoms with Gasteiger partial charge in [0.1, 0.15) is 5.82 Å². The van der Waals surface area contributed by atoms with E-state index in [0.29, 0.717) is 22.2 Å². The molecule has 0 spiro atoms. The normalized spacial score (nSPS) is 19.8. The Labute approximate surface area is 146 Å². The molecule has 3 nitrogen and oxygen atoms in total. The molecule has 0 aliphatic carbocycles. The highest BCUT2D eigenvalue weighted by molar-refractivity contribution is 6.33. The highest BCUT2D eigenvalue weighted by Gasteiger charge is 2.33. The second-order valence-corrected chi connectivity index (χ2v) is 6.52. The number of anilines is 1. The van der Waals surface area contributed by atoms with Crippen molar-refractivity contribution in [1.29, 1.82) is 0 Å². The lowest BCUT2D eigenvalue weighted by Gasteiger charge is -2.42. The van der Waals surface area contributed by atoms with Crippen molar-refractivity contribution in [2.75, 3.05) is 19.1 Å². The van der Waals surface area contributed by atoms with E-state index < -0.39 is 0 Å². The zero-order valence-electron chi connectivity index (χ0n) is 14.3. The van der Waals surface area contributed by atoms with Gasteiger partial charge in [-0.1, -0.05) is 17.7 Å². The summed E-state index contributed by atoms with van der Waals surface area (Å²) >= 11 is 6.30. The molecule has 0 bridgehead atoms. The third-order valence-corrected chi connectivity index (χ3v) is 5.00. The van der Waals surface area contributed by atoms with Crippen LogP contribution in [-0.2, 0) is 6.42 Å². The summed E-state index contributed by atoms with van der Waals surface area (Å²) < 4.78 is 25.3. The van der Waals surface area contributed by atoms with E-state index in [1.807, 2.05) is 17.0 Å². The average Bonchev–Trinajstić information content (AvgIpc) is 2.56. The predicted octanol–water partition coefficient (Wildman–Crippen LogP) is 5.01. The highest BCUT2D eigenvalue weighted by Crippen LogP contribution is 2.44. The number of nitrogens with zero attached hydrogens (tertiary/aromatic N) is 1. The Kier molecular flexibility index (Phi) is 4.59. The first kappa shape index (κ1) is 16.9. The number of hydrogen-bond donors (Lipinski definition) is 0. The number of hydrogen-bond acceptors (Lipinski definition) is 3. The molecule has 0 radical (unpaired) electrons. The van der Waals surface area contributed by atoms with Crippen LogP contribution in [0.2, 0.25) is 5.02 Å². The SMILES string of the molecule is COc1cc2c(cc1OC)C(C)N(c1c(F)cccc1Cl)C(C)C2. The standard InChI is InChI=1S/C19H21ClFNO2/c1-11-8-13-9-17(23-3)18(24-4)10-14(13)12(2)22(11)19-15(20)6-5-7-16(19)21/h5-7,9-12H,8H2,1-4H3. The number of benzene rings is 2. The Morgan fingerprint density at radius 3 is 2.42 bits per heavy atom. The van der Waals surface area contributed by atoms with Crippen molar-refractivity contribution in [3.8, 4) is 11.5 Å². The third kappa shape index (κ3) is 2.69. The number of ether oxygens (including phenoxy) is 2. The molecule has 128 valence electrons. The topological polar surface area (TPSA) is 21.7 Å². The van der Waals surface area contributed by atoms with Gasteiger partial charge in [0.2, 0.25) is 0 Å². The van der Waals surface area contributed by atoms with Crippen LogP contribution in [-0.4, -0.2) is 20.3 Å². The number of fused-ring (bicyclic) bond motifs is 1. The lowest BCUT2D eigenvalue weighted by Crippen LogP contribution is -2.41. The van der Waals surface area contributed by atoms with Gasteiger partial charge in [-0.15, -0.1) is 0 Å². The van der Waals surface area contributed by atoms with Crippen molar-refractivity contribution in [2.45, 2.75) is 32.4 Å². The van der Waals surface area contributed by atoms with E-state index in [4.69, 9.17) is 21.1 Å². The van der Waals surface area contributed by atoms with Crippen LogP contribution in [0.15, 0.2) is 30.3 Å². The molecule has 1 aliphatic rings. The van der Waals surface area contributed by atoms with Crippen LogP contribution in [0.25, 0.3) is 0 Å². The van der Waals surface area contributed by atoms with E-state index in [1.54, 1.807) is 26.4 Å². The van der Waals surface area contributed by atoms with E-state index in [2.05, 4.69) is 13.8 Å². The molecule has 3 rings (SSSR count). The minimum Gasteiger partial charge on any atom is -0.493 e. The summed E-state index contributed by atoms with van der Waals surface area (Å²) in [4.78, 5) is 2.05. The lowest BCUT2D eigenvalue weighted by molar-refractivity contribution is 0.352. The molecule has 0 N–H and O–H groups in total. The molecule has 0 saturated heterocycles. The van der Waals surface area contributed by atoms with E-state index in [1.165, 1.54) is 11.6 Å².